The standard InChI is InChI=1S/C11H13NO2S/c13-11(12-15)7-8-5-6-14-10-4-2-1-3-9(8)10/h1-4,8,15H,5-7H2,(H,12,13). The number of hydrogen-bond donors (Lipinski definition) is 2. The number of benzene rings is 1. The summed E-state index contributed by atoms with van der Waals surface area (Å²) in [5.74, 6) is 1.11. The predicted octanol–water partition coefficient (Wildman–Crippen LogP) is 1.90. The number of hydrogen-bond acceptors (Lipinski definition) is 3. The molecule has 1 amide bonds. The number of fused-ring (bicyclic) bond motifs is 1. The summed E-state index contributed by atoms with van der Waals surface area (Å²) in [7, 11) is 0. The highest BCUT2D eigenvalue weighted by Crippen LogP contribution is 2.35. The molecular weight excluding hydrogens is 210 g/mol. The van der Waals surface area contributed by atoms with Crippen molar-refractivity contribution in [1.29, 1.82) is 0 Å². The van der Waals surface area contributed by atoms with E-state index < -0.39 is 0 Å². The van der Waals surface area contributed by atoms with Crippen LogP contribution in [0.2, 0.25) is 0 Å². The predicted molar refractivity (Wildman–Crippen MR) is 61.0 cm³/mol. The van der Waals surface area contributed by atoms with Crippen LogP contribution < -0.4 is 9.46 Å². The number of amides is 1. The fraction of sp³-hybridized carbons (Fsp3) is 0.364. The van der Waals surface area contributed by atoms with Crippen molar-refractivity contribution in [3.8, 4) is 5.75 Å². The van der Waals surface area contributed by atoms with Gasteiger partial charge < -0.3 is 9.46 Å². The van der Waals surface area contributed by atoms with E-state index in [-0.39, 0.29) is 11.8 Å². The maximum Gasteiger partial charge on any atom is 0.230 e. The number of para-hydroxylation sites is 1. The van der Waals surface area contributed by atoms with Crippen molar-refractivity contribution in [2.24, 2.45) is 0 Å². The van der Waals surface area contributed by atoms with Gasteiger partial charge in [-0.2, -0.15) is 0 Å². The van der Waals surface area contributed by atoms with Gasteiger partial charge in [0.25, 0.3) is 0 Å². The van der Waals surface area contributed by atoms with Crippen LogP contribution in [-0.4, -0.2) is 12.5 Å². The van der Waals surface area contributed by atoms with E-state index >= 15 is 0 Å². The fourth-order valence-corrected chi connectivity index (χ4v) is 1.99. The third-order valence-electron chi connectivity index (χ3n) is 2.64. The number of nitrogens with one attached hydrogen (secondary N) is 1. The van der Waals surface area contributed by atoms with Gasteiger partial charge in [0.2, 0.25) is 5.91 Å². The molecule has 1 aromatic rings. The normalized spacial score (nSPS) is 18.9. The van der Waals surface area contributed by atoms with E-state index in [1.165, 1.54) is 0 Å². The molecule has 1 aromatic carbocycles. The van der Waals surface area contributed by atoms with E-state index in [4.69, 9.17) is 4.74 Å². The van der Waals surface area contributed by atoms with Crippen molar-refractivity contribution in [2.45, 2.75) is 18.8 Å². The lowest BCUT2D eigenvalue weighted by atomic mass is 9.90. The van der Waals surface area contributed by atoms with Crippen LogP contribution in [0.4, 0.5) is 0 Å². The van der Waals surface area contributed by atoms with Crippen molar-refractivity contribution in [3.05, 3.63) is 29.8 Å². The summed E-state index contributed by atoms with van der Waals surface area (Å²) in [6.45, 7) is 0.682. The van der Waals surface area contributed by atoms with Gasteiger partial charge in [0.05, 0.1) is 6.61 Å². The number of rotatable bonds is 2. The summed E-state index contributed by atoms with van der Waals surface area (Å²) in [6.07, 6.45) is 1.36. The van der Waals surface area contributed by atoms with Gasteiger partial charge in [-0.25, -0.2) is 0 Å². The van der Waals surface area contributed by atoms with E-state index in [0.717, 1.165) is 17.7 Å². The second-order valence-electron chi connectivity index (χ2n) is 3.61. The van der Waals surface area contributed by atoms with Crippen LogP contribution in [0.3, 0.4) is 0 Å². The molecule has 1 N–H and O–H groups in total. The quantitative estimate of drug-likeness (QED) is 0.752. The first kappa shape index (κ1) is 10.4. The van der Waals surface area contributed by atoms with Gasteiger partial charge >= 0.3 is 0 Å². The highest BCUT2D eigenvalue weighted by molar-refractivity contribution is 7.78. The summed E-state index contributed by atoms with van der Waals surface area (Å²) in [5, 5.41) is 0. The Morgan fingerprint density at radius 1 is 1.53 bits per heavy atom. The van der Waals surface area contributed by atoms with E-state index in [1.807, 2.05) is 24.3 Å². The van der Waals surface area contributed by atoms with Gasteiger partial charge in [-0.1, -0.05) is 31.0 Å². The van der Waals surface area contributed by atoms with Gasteiger partial charge in [-0.3, -0.25) is 4.79 Å². The number of carbonyl (C=O) groups excluding carboxylic acids is 1. The van der Waals surface area contributed by atoms with Gasteiger partial charge in [0, 0.05) is 6.42 Å². The van der Waals surface area contributed by atoms with Crippen molar-refractivity contribution in [1.82, 2.24) is 4.72 Å². The molecule has 0 fully saturated rings. The molecule has 80 valence electrons. The molecule has 1 aliphatic rings. The van der Waals surface area contributed by atoms with Crippen molar-refractivity contribution in [2.75, 3.05) is 6.61 Å². The molecular formula is C11H13NO2S. The molecule has 3 nitrogen and oxygen atoms in total. The van der Waals surface area contributed by atoms with Crippen molar-refractivity contribution < 1.29 is 9.53 Å². The Morgan fingerprint density at radius 2 is 2.33 bits per heavy atom. The van der Waals surface area contributed by atoms with Gasteiger partial charge in [0.15, 0.2) is 0 Å². The van der Waals surface area contributed by atoms with Crippen molar-refractivity contribution >= 4 is 18.7 Å². The van der Waals surface area contributed by atoms with E-state index in [0.29, 0.717) is 13.0 Å². The van der Waals surface area contributed by atoms with E-state index in [9.17, 15) is 4.79 Å². The zero-order valence-corrected chi connectivity index (χ0v) is 9.17. The average molecular weight is 223 g/mol. The van der Waals surface area contributed by atoms with Crippen molar-refractivity contribution in [3.63, 3.8) is 0 Å². The molecule has 4 heteroatoms. The number of carbonyl (C=O) groups is 1. The first-order chi connectivity index (χ1) is 7.31. The van der Waals surface area contributed by atoms with Crippen LogP contribution in [0.5, 0.6) is 5.75 Å². The zero-order valence-electron chi connectivity index (χ0n) is 8.27. The molecule has 1 heterocycles. The first-order valence-corrected chi connectivity index (χ1v) is 5.40. The Hall–Kier alpha value is -1.16. The van der Waals surface area contributed by atoms with Gasteiger partial charge in [-0.05, 0) is 24.0 Å². The molecule has 2 rings (SSSR count). The minimum atomic E-state index is -0.0416. The van der Waals surface area contributed by atoms with E-state index in [2.05, 4.69) is 17.5 Å². The molecule has 15 heavy (non-hydrogen) atoms. The minimum absolute atomic E-state index is 0.0416. The lowest BCUT2D eigenvalue weighted by molar-refractivity contribution is -0.119. The molecule has 0 aliphatic carbocycles. The SMILES string of the molecule is O=C(CC1CCOc2ccccc21)NS. The highest BCUT2D eigenvalue weighted by atomic mass is 32.1. The van der Waals surface area contributed by atoms with Crippen LogP contribution in [0.1, 0.15) is 24.3 Å². The largest absolute Gasteiger partial charge is 0.493 e. The smallest absolute Gasteiger partial charge is 0.230 e. The third kappa shape index (κ3) is 2.26. The molecule has 0 saturated heterocycles. The molecule has 1 aliphatic heterocycles. The Morgan fingerprint density at radius 3 is 3.13 bits per heavy atom. The molecule has 1 atom stereocenters. The van der Waals surface area contributed by atoms with Crippen LogP contribution in [0.25, 0.3) is 0 Å². The van der Waals surface area contributed by atoms with Crippen LogP contribution in [0.15, 0.2) is 24.3 Å². The third-order valence-corrected chi connectivity index (χ3v) is 2.89. The summed E-state index contributed by atoms with van der Waals surface area (Å²) in [4.78, 5) is 11.3. The number of ether oxygens (including phenoxy) is 1. The number of thiol groups is 1. The topological polar surface area (TPSA) is 38.3 Å². The lowest BCUT2D eigenvalue weighted by Gasteiger charge is -2.25. The van der Waals surface area contributed by atoms with Gasteiger partial charge in [-0.15, -0.1) is 0 Å². The molecule has 0 radical (unpaired) electrons. The van der Waals surface area contributed by atoms with Gasteiger partial charge in [0.1, 0.15) is 5.75 Å². The Kier molecular flexibility index (Phi) is 3.16. The van der Waals surface area contributed by atoms with Crippen LogP contribution >= 0.6 is 12.8 Å². The monoisotopic (exact) mass is 223 g/mol. The zero-order chi connectivity index (χ0) is 10.7. The molecule has 0 bridgehead atoms. The minimum Gasteiger partial charge on any atom is -0.493 e. The first-order valence-electron chi connectivity index (χ1n) is 4.96. The maximum absolute atomic E-state index is 11.3. The molecule has 0 saturated carbocycles. The highest BCUT2D eigenvalue weighted by Gasteiger charge is 2.22. The Bertz CT molecular complexity index is 367. The fourth-order valence-electron chi connectivity index (χ4n) is 1.90. The Balaban J connectivity index is 2.18. The average Bonchev–Trinajstić information content (AvgIpc) is 2.29. The molecule has 0 spiro atoms. The summed E-state index contributed by atoms with van der Waals surface area (Å²) in [5.41, 5.74) is 1.13. The van der Waals surface area contributed by atoms with Crippen LogP contribution in [-0.2, 0) is 4.79 Å². The van der Waals surface area contributed by atoms with E-state index in [1.54, 1.807) is 0 Å². The second kappa shape index (κ2) is 4.57. The molecule has 1 unspecified atom stereocenters. The van der Waals surface area contributed by atoms with Crippen LogP contribution in [0, 0.1) is 0 Å². The Labute approximate surface area is 94.4 Å². The second-order valence-corrected chi connectivity index (χ2v) is 3.83. The summed E-state index contributed by atoms with van der Waals surface area (Å²) in [6, 6.07) is 7.88. The summed E-state index contributed by atoms with van der Waals surface area (Å²) >= 11 is 3.75. The summed E-state index contributed by atoms with van der Waals surface area (Å²) < 4.78 is 7.88. The molecule has 0 aromatic heterocycles. The lowest BCUT2D eigenvalue weighted by Crippen LogP contribution is -2.21. The maximum atomic E-state index is 11.3.